The molecule has 1 radical (unpaired) electrons. The Bertz CT molecular complexity index is 224. The van der Waals surface area contributed by atoms with Crippen LogP contribution in [0, 0.1) is 12.3 Å². The van der Waals surface area contributed by atoms with E-state index in [0.29, 0.717) is 26.2 Å². The predicted molar refractivity (Wildman–Crippen MR) is 42.7 cm³/mol. The summed E-state index contributed by atoms with van der Waals surface area (Å²) in [4.78, 5) is 24.1. The van der Waals surface area contributed by atoms with Crippen LogP contribution < -0.4 is 0 Å². The Morgan fingerprint density at radius 1 is 1.25 bits per heavy atom. The largest absolute Gasteiger partial charge is 0.331 e. The Morgan fingerprint density at radius 3 is 2.25 bits per heavy atom. The van der Waals surface area contributed by atoms with Crippen molar-refractivity contribution in [1.82, 2.24) is 9.80 Å². The van der Waals surface area contributed by atoms with Crippen molar-refractivity contribution < 1.29 is 9.59 Å². The molecule has 1 heterocycles. The van der Waals surface area contributed by atoms with Crippen LogP contribution in [0.4, 0.5) is 0 Å². The maximum atomic E-state index is 10.9. The molecular formula is C8H9N2O2. The van der Waals surface area contributed by atoms with Crippen LogP contribution in [0.25, 0.3) is 0 Å². The van der Waals surface area contributed by atoms with E-state index in [9.17, 15) is 9.59 Å². The van der Waals surface area contributed by atoms with Crippen molar-refractivity contribution in [3.8, 4) is 12.3 Å². The lowest BCUT2D eigenvalue weighted by Gasteiger charge is -2.30. The highest BCUT2D eigenvalue weighted by molar-refractivity contribution is 5.93. The highest BCUT2D eigenvalue weighted by Crippen LogP contribution is 1.98. The average molecular weight is 165 g/mol. The second-order valence-corrected chi connectivity index (χ2v) is 2.51. The Kier molecular flexibility index (Phi) is 2.70. The van der Waals surface area contributed by atoms with Crippen LogP contribution in [0.1, 0.15) is 0 Å². The molecule has 0 aromatic carbocycles. The minimum atomic E-state index is -0.305. The first-order valence-electron chi connectivity index (χ1n) is 3.66. The maximum Gasteiger partial charge on any atom is 0.312 e. The number of terminal acetylenes is 1. The molecule has 1 fully saturated rings. The van der Waals surface area contributed by atoms with Crippen molar-refractivity contribution in [1.29, 1.82) is 0 Å². The van der Waals surface area contributed by atoms with E-state index in [0.717, 1.165) is 0 Å². The van der Waals surface area contributed by atoms with Gasteiger partial charge in [0.15, 0.2) is 0 Å². The molecule has 0 atom stereocenters. The fourth-order valence-electron chi connectivity index (χ4n) is 1.09. The number of hydrogen-bond donors (Lipinski definition) is 0. The van der Waals surface area contributed by atoms with Crippen LogP contribution in [-0.2, 0) is 9.59 Å². The lowest BCUT2D eigenvalue weighted by atomic mass is 10.3. The summed E-state index contributed by atoms with van der Waals surface area (Å²) < 4.78 is 0. The lowest BCUT2D eigenvalue weighted by Crippen LogP contribution is -2.47. The monoisotopic (exact) mass is 165 g/mol. The third-order valence-corrected chi connectivity index (χ3v) is 1.82. The zero-order chi connectivity index (χ0) is 8.97. The summed E-state index contributed by atoms with van der Waals surface area (Å²) >= 11 is 0. The average Bonchev–Trinajstić information content (AvgIpc) is 2.17. The first kappa shape index (κ1) is 8.60. The predicted octanol–water partition coefficient (Wildman–Crippen LogP) is -1.17. The zero-order valence-electron chi connectivity index (χ0n) is 6.62. The lowest BCUT2D eigenvalue weighted by molar-refractivity contribution is -0.126. The third kappa shape index (κ3) is 1.76. The minimum Gasteiger partial charge on any atom is -0.331 e. The summed E-state index contributed by atoms with van der Waals surface area (Å²) in [6, 6.07) is 0. The molecule has 2 amide bonds. The molecule has 4 heteroatoms. The SMILES string of the molecule is C#CC(=O)N1CCN([C]=O)CC1. The quantitative estimate of drug-likeness (QED) is 0.459. The Morgan fingerprint density at radius 2 is 1.83 bits per heavy atom. The van der Waals surface area contributed by atoms with E-state index in [2.05, 4.69) is 0 Å². The van der Waals surface area contributed by atoms with Gasteiger partial charge in [-0.2, -0.15) is 0 Å². The number of carbonyl (C=O) groups excluding carboxylic acids is 2. The first-order chi connectivity index (χ1) is 5.77. The fourth-order valence-corrected chi connectivity index (χ4v) is 1.09. The number of nitrogens with zero attached hydrogens (tertiary/aromatic N) is 2. The number of piperazine rings is 1. The maximum absolute atomic E-state index is 10.9. The molecule has 1 aliphatic rings. The van der Waals surface area contributed by atoms with Crippen molar-refractivity contribution in [2.75, 3.05) is 26.2 Å². The summed E-state index contributed by atoms with van der Waals surface area (Å²) in [6.45, 7) is 2.07. The summed E-state index contributed by atoms with van der Waals surface area (Å²) in [6.07, 6.45) is 6.71. The normalized spacial score (nSPS) is 16.9. The molecule has 1 aliphatic heterocycles. The van der Waals surface area contributed by atoms with Crippen molar-refractivity contribution in [2.24, 2.45) is 0 Å². The molecule has 0 saturated carbocycles. The van der Waals surface area contributed by atoms with Crippen LogP contribution in [-0.4, -0.2) is 48.3 Å². The topological polar surface area (TPSA) is 40.6 Å². The second kappa shape index (κ2) is 3.77. The van der Waals surface area contributed by atoms with Crippen LogP contribution in [0.15, 0.2) is 0 Å². The molecule has 0 N–H and O–H groups in total. The number of amides is 2. The Balaban J connectivity index is 2.41. The van der Waals surface area contributed by atoms with Gasteiger partial charge < -0.3 is 9.80 Å². The number of rotatable bonds is 1. The van der Waals surface area contributed by atoms with E-state index < -0.39 is 0 Å². The van der Waals surface area contributed by atoms with Crippen LogP contribution in [0.3, 0.4) is 0 Å². The molecule has 0 spiro atoms. The Labute approximate surface area is 71.1 Å². The van der Waals surface area contributed by atoms with E-state index in [1.165, 1.54) is 4.90 Å². The van der Waals surface area contributed by atoms with Gasteiger partial charge in [0.05, 0.1) is 0 Å². The molecule has 0 aromatic rings. The summed E-state index contributed by atoms with van der Waals surface area (Å²) in [5.41, 5.74) is 0. The molecule has 12 heavy (non-hydrogen) atoms. The summed E-state index contributed by atoms with van der Waals surface area (Å²) in [5, 5.41) is 0. The smallest absolute Gasteiger partial charge is 0.312 e. The van der Waals surface area contributed by atoms with Crippen molar-refractivity contribution in [2.45, 2.75) is 0 Å². The fraction of sp³-hybridized carbons (Fsp3) is 0.500. The molecule has 63 valence electrons. The van der Waals surface area contributed by atoms with Gasteiger partial charge in [-0.25, -0.2) is 0 Å². The third-order valence-electron chi connectivity index (χ3n) is 1.82. The van der Waals surface area contributed by atoms with E-state index >= 15 is 0 Å². The van der Waals surface area contributed by atoms with Gasteiger partial charge in [-0.1, -0.05) is 0 Å². The van der Waals surface area contributed by atoms with Gasteiger partial charge >= 0.3 is 6.41 Å². The molecular weight excluding hydrogens is 156 g/mol. The van der Waals surface area contributed by atoms with Crippen LogP contribution in [0.2, 0.25) is 0 Å². The van der Waals surface area contributed by atoms with Gasteiger partial charge in [0.2, 0.25) is 0 Å². The highest BCUT2D eigenvalue weighted by atomic mass is 16.2. The van der Waals surface area contributed by atoms with Crippen LogP contribution >= 0.6 is 0 Å². The van der Waals surface area contributed by atoms with E-state index in [4.69, 9.17) is 6.42 Å². The molecule has 4 nitrogen and oxygen atoms in total. The van der Waals surface area contributed by atoms with Crippen molar-refractivity contribution >= 4 is 12.3 Å². The van der Waals surface area contributed by atoms with Crippen LogP contribution in [0.5, 0.6) is 0 Å². The van der Waals surface area contributed by atoms with Gasteiger partial charge in [-0.15, -0.1) is 6.42 Å². The minimum absolute atomic E-state index is 0.305. The highest BCUT2D eigenvalue weighted by Gasteiger charge is 2.18. The van der Waals surface area contributed by atoms with E-state index in [-0.39, 0.29) is 5.91 Å². The van der Waals surface area contributed by atoms with Crippen molar-refractivity contribution in [3.05, 3.63) is 0 Å². The van der Waals surface area contributed by atoms with Gasteiger partial charge in [-0.05, 0) is 5.92 Å². The molecule has 0 aromatic heterocycles. The van der Waals surface area contributed by atoms with Gasteiger partial charge in [0.1, 0.15) is 0 Å². The van der Waals surface area contributed by atoms with Gasteiger partial charge in [-0.3, -0.25) is 9.59 Å². The summed E-state index contributed by atoms with van der Waals surface area (Å²) in [5.74, 6) is 1.73. The molecule has 1 saturated heterocycles. The standard InChI is InChI=1S/C8H9N2O2/c1-2-8(12)10-5-3-9(7-11)4-6-10/h1H,3-6H2. The number of carbonyl (C=O) groups is 1. The molecule has 0 aliphatic carbocycles. The first-order valence-corrected chi connectivity index (χ1v) is 3.66. The van der Waals surface area contributed by atoms with Crippen molar-refractivity contribution in [3.63, 3.8) is 0 Å². The molecule has 1 rings (SSSR count). The zero-order valence-corrected chi connectivity index (χ0v) is 6.62. The number of hydrogen-bond acceptors (Lipinski definition) is 2. The van der Waals surface area contributed by atoms with E-state index in [1.807, 2.05) is 5.92 Å². The molecule has 0 bridgehead atoms. The Hall–Kier alpha value is -1.50. The van der Waals surface area contributed by atoms with E-state index in [1.54, 1.807) is 11.3 Å². The molecule has 0 unspecified atom stereocenters. The van der Waals surface area contributed by atoms with Gasteiger partial charge in [0.25, 0.3) is 5.91 Å². The van der Waals surface area contributed by atoms with Gasteiger partial charge in [0, 0.05) is 26.2 Å². The summed E-state index contributed by atoms with van der Waals surface area (Å²) in [7, 11) is 0. The second-order valence-electron chi connectivity index (χ2n) is 2.51.